The number of nitrogens with one attached hydrogen (secondary N) is 1. The molecule has 3 aromatic rings. The van der Waals surface area contributed by atoms with E-state index in [9.17, 15) is 5.11 Å². The van der Waals surface area contributed by atoms with Crippen molar-refractivity contribution in [2.45, 2.75) is 44.2 Å². The third kappa shape index (κ3) is 6.48. The van der Waals surface area contributed by atoms with Gasteiger partial charge in [0.05, 0.1) is 32.0 Å². The molecule has 0 amide bonds. The molecule has 0 aromatic heterocycles. The lowest BCUT2D eigenvalue weighted by Gasteiger charge is -2.33. The maximum Gasteiger partial charge on any atom is 0.114 e. The van der Waals surface area contributed by atoms with Crippen molar-refractivity contribution >= 4 is 0 Å². The Morgan fingerprint density at radius 2 is 1.03 bits per heavy atom. The van der Waals surface area contributed by atoms with Gasteiger partial charge in [-0.1, -0.05) is 91.0 Å². The van der Waals surface area contributed by atoms with Gasteiger partial charge in [0.15, 0.2) is 0 Å². The number of aliphatic hydroxyl groups excluding tert-OH is 1. The van der Waals surface area contributed by atoms with E-state index < -0.39 is 18.3 Å². The van der Waals surface area contributed by atoms with Gasteiger partial charge >= 0.3 is 0 Å². The highest BCUT2D eigenvalue weighted by Crippen LogP contribution is 2.22. The normalized spacial score (nSPS) is 23.5. The van der Waals surface area contributed by atoms with Crippen molar-refractivity contribution < 1.29 is 19.3 Å². The topological polar surface area (TPSA) is 60.0 Å². The van der Waals surface area contributed by atoms with Crippen LogP contribution < -0.4 is 5.32 Å². The third-order valence-corrected chi connectivity index (χ3v) is 5.65. The SMILES string of the molecule is O[C@@H]1CNC[C@H](OCc2ccccc2)[C@@H](OCc2ccccc2)[C@@H]1OCc1ccccc1. The van der Waals surface area contributed by atoms with Gasteiger partial charge in [0.2, 0.25) is 0 Å². The molecule has 2 N–H and O–H groups in total. The lowest BCUT2D eigenvalue weighted by molar-refractivity contribution is -0.168. The second-order valence-corrected chi connectivity index (χ2v) is 8.08. The van der Waals surface area contributed by atoms with Gasteiger partial charge in [-0.05, 0) is 16.7 Å². The molecule has 5 nitrogen and oxygen atoms in total. The second kappa shape index (κ2) is 11.9. The van der Waals surface area contributed by atoms with E-state index in [1.165, 1.54) is 0 Å². The van der Waals surface area contributed by atoms with E-state index in [1.54, 1.807) is 0 Å². The molecule has 0 bridgehead atoms. The first kappa shape index (κ1) is 22.6. The Kier molecular flexibility index (Phi) is 8.42. The Labute approximate surface area is 190 Å². The first-order valence-corrected chi connectivity index (χ1v) is 11.1. The molecule has 3 aromatic carbocycles. The van der Waals surface area contributed by atoms with Crippen LogP contribution in [0.1, 0.15) is 16.7 Å². The molecule has 4 atom stereocenters. The molecule has 0 unspecified atom stereocenters. The fourth-order valence-electron chi connectivity index (χ4n) is 3.91. The van der Waals surface area contributed by atoms with E-state index in [0.717, 1.165) is 16.7 Å². The average Bonchev–Trinajstić information content (AvgIpc) is 3.00. The van der Waals surface area contributed by atoms with Crippen LogP contribution in [-0.2, 0) is 34.0 Å². The lowest BCUT2D eigenvalue weighted by Crippen LogP contribution is -2.48. The number of β-amino-alcohol motifs (C(OH)–C–C–N with tert-alkyl or cyclic N) is 1. The minimum atomic E-state index is -0.704. The Morgan fingerprint density at radius 1 is 0.594 bits per heavy atom. The van der Waals surface area contributed by atoms with E-state index in [0.29, 0.717) is 32.9 Å². The first-order valence-electron chi connectivity index (χ1n) is 11.1. The smallest absolute Gasteiger partial charge is 0.114 e. The van der Waals surface area contributed by atoms with Gasteiger partial charge in [-0.3, -0.25) is 0 Å². The molecule has 4 rings (SSSR count). The van der Waals surface area contributed by atoms with Crippen LogP contribution in [0.3, 0.4) is 0 Å². The predicted octanol–water partition coefficient (Wildman–Crippen LogP) is 3.71. The summed E-state index contributed by atoms with van der Waals surface area (Å²) < 4.78 is 18.9. The summed E-state index contributed by atoms with van der Waals surface area (Å²) in [5.74, 6) is 0. The zero-order chi connectivity index (χ0) is 22.0. The van der Waals surface area contributed by atoms with Crippen LogP contribution in [0.2, 0.25) is 0 Å². The molecular formula is C27H31NO4. The zero-order valence-corrected chi connectivity index (χ0v) is 18.2. The average molecular weight is 434 g/mol. The molecule has 32 heavy (non-hydrogen) atoms. The van der Waals surface area contributed by atoms with Gasteiger partial charge in [-0.2, -0.15) is 0 Å². The van der Waals surface area contributed by atoms with Crippen molar-refractivity contribution in [3.05, 3.63) is 108 Å². The van der Waals surface area contributed by atoms with Gasteiger partial charge in [0.1, 0.15) is 12.2 Å². The monoisotopic (exact) mass is 433 g/mol. The summed E-state index contributed by atoms with van der Waals surface area (Å²) >= 11 is 0. The zero-order valence-electron chi connectivity index (χ0n) is 18.2. The Hall–Kier alpha value is -2.54. The van der Waals surface area contributed by atoms with Crippen molar-refractivity contribution in [3.8, 4) is 0 Å². The fourth-order valence-corrected chi connectivity index (χ4v) is 3.91. The van der Waals surface area contributed by atoms with Crippen LogP contribution in [0.4, 0.5) is 0 Å². The summed E-state index contributed by atoms with van der Waals surface area (Å²) in [6.07, 6.45) is -1.91. The van der Waals surface area contributed by atoms with Gasteiger partial charge in [0, 0.05) is 13.1 Å². The highest BCUT2D eigenvalue weighted by atomic mass is 16.6. The second-order valence-electron chi connectivity index (χ2n) is 8.08. The Morgan fingerprint density at radius 3 is 1.53 bits per heavy atom. The summed E-state index contributed by atoms with van der Waals surface area (Å²) in [7, 11) is 0. The lowest BCUT2D eigenvalue weighted by atomic mass is 10.0. The molecule has 1 fully saturated rings. The molecule has 168 valence electrons. The molecule has 5 heteroatoms. The van der Waals surface area contributed by atoms with Gasteiger partial charge in [0.25, 0.3) is 0 Å². The van der Waals surface area contributed by atoms with Gasteiger partial charge in [-0.25, -0.2) is 0 Å². The summed E-state index contributed by atoms with van der Waals surface area (Å²) in [5.41, 5.74) is 3.23. The Bertz CT molecular complexity index is 907. The maximum atomic E-state index is 10.9. The highest BCUT2D eigenvalue weighted by molar-refractivity contribution is 5.15. The van der Waals surface area contributed by atoms with Crippen LogP contribution in [0.25, 0.3) is 0 Å². The molecular weight excluding hydrogens is 402 g/mol. The standard InChI is InChI=1S/C27H31NO4/c29-24-16-28-17-25(30-18-21-10-4-1-5-11-21)27(32-20-23-14-8-3-9-15-23)26(24)31-19-22-12-6-2-7-13-22/h1-15,24-29H,16-20H2/t24-,25+,26-,27-/m1/s1. The molecule has 1 heterocycles. The Balaban J connectivity index is 1.50. The molecule has 0 aliphatic carbocycles. The summed E-state index contributed by atoms with van der Waals surface area (Å²) in [4.78, 5) is 0. The molecule has 1 aliphatic heterocycles. The quantitative estimate of drug-likeness (QED) is 0.539. The number of ether oxygens (including phenoxy) is 3. The van der Waals surface area contributed by atoms with Gasteiger partial charge < -0.3 is 24.6 Å². The minimum Gasteiger partial charge on any atom is -0.389 e. The largest absolute Gasteiger partial charge is 0.389 e. The number of benzene rings is 3. The number of hydrogen-bond acceptors (Lipinski definition) is 5. The molecule has 0 spiro atoms. The highest BCUT2D eigenvalue weighted by Gasteiger charge is 2.39. The summed E-state index contributed by atoms with van der Waals surface area (Å²) in [6, 6.07) is 30.1. The van der Waals surface area contributed by atoms with Crippen LogP contribution >= 0.6 is 0 Å². The fraction of sp³-hybridized carbons (Fsp3) is 0.333. The maximum absolute atomic E-state index is 10.9. The van der Waals surface area contributed by atoms with Crippen molar-refractivity contribution in [2.24, 2.45) is 0 Å². The van der Waals surface area contributed by atoms with E-state index in [4.69, 9.17) is 14.2 Å². The van der Waals surface area contributed by atoms with Crippen LogP contribution in [0, 0.1) is 0 Å². The number of hydrogen-bond donors (Lipinski definition) is 2. The number of rotatable bonds is 9. The van der Waals surface area contributed by atoms with E-state index >= 15 is 0 Å². The molecule has 1 saturated heterocycles. The van der Waals surface area contributed by atoms with E-state index in [1.807, 2.05) is 91.0 Å². The predicted molar refractivity (Wildman–Crippen MR) is 124 cm³/mol. The van der Waals surface area contributed by atoms with Crippen LogP contribution in [0.15, 0.2) is 91.0 Å². The van der Waals surface area contributed by atoms with Gasteiger partial charge in [-0.15, -0.1) is 0 Å². The van der Waals surface area contributed by atoms with Crippen LogP contribution in [0.5, 0.6) is 0 Å². The minimum absolute atomic E-state index is 0.267. The number of aliphatic hydroxyl groups is 1. The molecule has 1 aliphatic rings. The van der Waals surface area contributed by atoms with Crippen LogP contribution in [-0.4, -0.2) is 42.6 Å². The first-order chi connectivity index (χ1) is 15.8. The third-order valence-electron chi connectivity index (χ3n) is 5.65. The summed E-state index contributed by atoms with van der Waals surface area (Å²) in [5, 5.41) is 14.2. The van der Waals surface area contributed by atoms with Crippen molar-refractivity contribution in [3.63, 3.8) is 0 Å². The van der Waals surface area contributed by atoms with Crippen molar-refractivity contribution in [1.29, 1.82) is 0 Å². The summed E-state index contributed by atoms with van der Waals surface area (Å²) in [6.45, 7) is 2.30. The van der Waals surface area contributed by atoms with Crippen molar-refractivity contribution in [2.75, 3.05) is 13.1 Å². The van der Waals surface area contributed by atoms with Crippen molar-refractivity contribution in [1.82, 2.24) is 5.32 Å². The van der Waals surface area contributed by atoms with E-state index in [2.05, 4.69) is 5.32 Å². The van der Waals surface area contributed by atoms with E-state index in [-0.39, 0.29) is 6.10 Å². The molecule has 0 saturated carbocycles. The molecule has 0 radical (unpaired) electrons.